The monoisotopic (exact) mass is 128 g/mol. The molecule has 1 heteroatoms. The van der Waals surface area contributed by atoms with E-state index in [0.29, 0.717) is 0 Å². The first kappa shape index (κ1) is 6.55. The third kappa shape index (κ3) is 2.13. The summed E-state index contributed by atoms with van der Waals surface area (Å²) in [5.41, 5.74) is 0.720. The van der Waals surface area contributed by atoms with E-state index in [0.717, 1.165) is 5.66 Å². The van der Waals surface area contributed by atoms with Crippen molar-refractivity contribution in [3.8, 4) is 0 Å². The van der Waals surface area contributed by atoms with Gasteiger partial charge in [-0.3, -0.25) is 0 Å². The van der Waals surface area contributed by atoms with Crippen LogP contribution in [0.1, 0.15) is 38.5 Å². The molecule has 0 nitrogen and oxygen atoms in total. The molecule has 0 aromatic rings. The maximum Gasteiger partial charge on any atom is -0.0125 e. The molecule has 8 heavy (non-hydrogen) atoms. The van der Waals surface area contributed by atoms with Crippen molar-refractivity contribution in [3.63, 3.8) is 0 Å². The molecule has 0 saturated heterocycles. The Morgan fingerprint density at radius 3 is 1.88 bits per heavy atom. The van der Waals surface area contributed by atoms with Crippen LogP contribution < -0.4 is 0 Å². The van der Waals surface area contributed by atoms with Gasteiger partial charge in [-0.15, -0.1) is 0 Å². The molecule has 46 valence electrons. The first-order chi connectivity index (χ1) is 3.89. The largest absolute Gasteiger partial charge is 0.0533 e. The topological polar surface area (TPSA) is 0 Å². The molecule has 1 rings (SSSR count). The van der Waals surface area contributed by atoms with Crippen molar-refractivity contribution in [2.75, 3.05) is 0 Å². The molecule has 0 amide bonds. The second-order valence-corrected chi connectivity index (χ2v) is 3.38. The van der Waals surface area contributed by atoms with E-state index in [2.05, 4.69) is 9.24 Å². The highest BCUT2D eigenvalue weighted by molar-refractivity contribution is 7.17. The highest BCUT2D eigenvalue weighted by Crippen LogP contribution is 2.22. The van der Waals surface area contributed by atoms with Gasteiger partial charge >= 0.3 is 0 Å². The molecule has 0 N–H and O–H groups in total. The van der Waals surface area contributed by atoms with Gasteiger partial charge in [0.25, 0.3) is 0 Å². The normalized spacial score (nSPS) is 25.1. The summed E-state index contributed by atoms with van der Waals surface area (Å²) in [6.07, 6.45) is 8.41. The molecular weight excluding hydrogens is 115 g/mol. The van der Waals surface area contributed by atoms with Crippen LogP contribution >= 0.6 is 9.24 Å². The quantitative estimate of drug-likeness (QED) is 0.347. The fourth-order valence-electron chi connectivity index (χ4n) is 1.26. The van der Waals surface area contributed by atoms with Gasteiger partial charge in [-0.05, 0) is 27.7 Å². The van der Waals surface area contributed by atoms with E-state index in [-0.39, 0.29) is 0 Å². The van der Waals surface area contributed by atoms with Crippen LogP contribution in [0.2, 0.25) is 0 Å². The lowest BCUT2D eigenvalue weighted by atomic mass is 10.2. The van der Waals surface area contributed by atoms with Crippen molar-refractivity contribution in [1.29, 1.82) is 0 Å². The zero-order chi connectivity index (χ0) is 5.82. The van der Waals surface area contributed by atoms with Crippen LogP contribution in [0.25, 0.3) is 0 Å². The van der Waals surface area contributed by atoms with E-state index in [9.17, 15) is 0 Å². The molecule has 0 aromatic carbocycles. The van der Waals surface area contributed by atoms with Gasteiger partial charge in [-0.25, -0.2) is 0 Å². The minimum absolute atomic E-state index is 0.720. The summed E-state index contributed by atoms with van der Waals surface area (Å²) >= 11 is 0. The maximum absolute atomic E-state index is 4.43. The lowest BCUT2D eigenvalue weighted by molar-refractivity contribution is 0.702. The summed E-state index contributed by atoms with van der Waals surface area (Å²) in [6.45, 7) is 0. The van der Waals surface area contributed by atoms with Gasteiger partial charge in [0, 0.05) is 0 Å². The van der Waals surface area contributed by atoms with Crippen molar-refractivity contribution in [1.82, 2.24) is 0 Å². The summed E-state index contributed by atoms with van der Waals surface area (Å²) in [7, 11) is 4.43. The minimum Gasteiger partial charge on any atom is -0.0533 e. The average molecular weight is 128 g/mol. The smallest absolute Gasteiger partial charge is 0.0125 e. The van der Waals surface area contributed by atoms with Crippen LogP contribution in [0.5, 0.6) is 0 Å². The number of hydrogen-bond acceptors (Lipinski definition) is 0. The van der Waals surface area contributed by atoms with Crippen LogP contribution in [-0.2, 0) is 0 Å². The molecule has 0 heterocycles. The molecule has 1 fully saturated rings. The van der Waals surface area contributed by atoms with Crippen molar-refractivity contribution in [2.45, 2.75) is 44.2 Å². The Bertz CT molecular complexity index is 53.4. The van der Waals surface area contributed by atoms with Gasteiger partial charge in [-0.1, -0.05) is 25.7 Å². The van der Waals surface area contributed by atoms with Crippen molar-refractivity contribution < 1.29 is 0 Å². The van der Waals surface area contributed by atoms with Gasteiger partial charge in [0.15, 0.2) is 0 Å². The van der Waals surface area contributed by atoms with Crippen molar-refractivity contribution in [2.24, 2.45) is 0 Å². The predicted octanol–water partition coefficient (Wildman–Crippen LogP) is 3.12. The zero-order valence-corrected chi connectivity index (χ0v) is 6.16. The second-order valence-electron chi connectivity index (χ2n) is 2.65. The number of rotatable bonds is 0. The summed E-state index contributed by atoms with van der Waals surface area (Å²) in [4.78, 5) is 0. The molecule has 1 aliphatic rings. The molecule has 2 radical (unpaired) electrons. The molecule has 0 atom stereocenters. The summed E-state index contributed by atoms with van der Waals surface area (Å²) in [5.74, 6) is 0. The van der Waals surface area contributed by atoms with E-state index < -0.39 is 0 Å². The Balaban J connectivity index is 2.17. The Labute approximate surface area is 54.3 Å². The maximum atomic E-state index is 4.43. The van der Waals surface area contributed by atoms with Crippen LogP contribution in [0, 0.1) is 0 Å². The molecule has 1 saturated carbocycles. The van der Waals surface area contributed by atoms with E-state index >= 15 is 0 Å². The van der Waals surface area contributed by atoms with Gasteiger partial charge in [0.05, 0.1) is 0 Å². The Hall–Kier alpha value is 0.430. The highest BCUT2D eigenvalue weighted by Gasteiger charge is 2.06. The molecule has 0 aromatic heterocycles. The SMILES string of the molecule is [P]C1CCCCCC1. The van der Waals surface area contributed by atoms with E-state index in [1.807, 2.05) is 0 Å². The first-order valence-corrected chi connectivity index (χ1v) is 4.09. The molecule has 0 unspecified atom stereocenters. The fraction of sp³-hybridized carbons (Fsp3) is 1.00. The van der Waals surface area contributed by atoms with Gasteiger partial charge < -0.3 is 0 Å². The Kier molecular flexibility index (Phi) is 2.83. The van der Waals surface area contributed by atoms with Crippen LogP contribution in [0.3, 0.4) is 0 Å². The van der Waals surface area contributed by atoms with Crippen molar-refractivity contribution >= 4 is 9.24 Å². The third-order valence-electron chi connectivity index (χ3n) is 1.82. The lowest BCUT2D eigenvalue weighted by Gasteiger charge is -2.01. The number of hydrogen-bond donors (Lipinski definition) is 0. The molecule has 0 spiro atoms. The Morgan fingerprint density at radius 1 is 0.875 bits per heavy atom. The molecular formula is C7H13P. The van der Waals surface area contributed by atoms with Crippen LogP contribution in [-0.4, -0.2) is 5.66 Å². The zero-order valence-electron chi connectivity index (χ0n) is 5.27. The highest BCUT2D eigenvalue weighted by atomic mass is 31.0. The molecule has 0 bridgehead atoms. The summed E-state index contributed by atoms with van der Waals surface area (Å²) < 4.78 is 0. The van der Waals surface area contributed by atoms with E-state index in [1.165, 1.54) is 38.5 Å². The third-order valence-corrected chi connectivity index (χ3v) is 2.34. The Morgan fingerprint density at radius 2 is 1.38 bits per heavy atom. The van der Waals surface area contributed by atoms with Gasteiger partial charge in [0.2, 0.25) is 0 Å². The van der Waals surface area contributed by atoms with Crippen LogP contribution in [0.4, 0.5) is 0 Å². The van der Waals surface area contributed by atoms with Crippen molar-refractivity contribution in [3.05, 3.63) is 0 Å². The predicted molar refractivity (Wildman–Crippen MR) is 38.4 cm³/mol. The second kappa shape index (κ2) is 3.45. The average Bonchev–Trinajstić information content (AvgIpc) is 1.94. The molecule has 1 aliphatic carbocycles. The van der Waals surface area contributed by atoms with E-state index in [4.69, 9.17) is 0 Å². The summed E-state index contributed by atoms with van der Waals surface area (Å²) in [5, 5.41) is 0. The van der Waals surface area contributed by atoms with Gasteiger partial charge in [-0.2, -0.15) is 0 Å². The lowest BCUT2D eigenvalue weighted by Crippen LogP contribution is -1.91. The fourth-order valence-corrected chi connectivity index (χ4v) is 1.62. The molecule has 0 aliphatic heterocycles. The van der Waals surface area contributed by atoms with Gasteiger partial charge in [0.1, 0.15) is 0 Å². The van der Waals surface area contributed by atoms with Crippen LogP contribution in [0.15, 0.2) is 0 Å². The van der Waals surface area contributed by atoms with E-state index in [1.54, 1.807) is 0 Å². The first-order valence-electron chi connectivity index (χ1n) is 3.57. The summed E-state index contributed by atoms with van der Waals surface area (Å²) in [6, 6.07) is 0. The standard InChI is InChI=1S/C7H13P/c8-7-5-3-1-2-4-6-7/h7H,1-6H2. The minimum atomic E-state index is 0.720.